The van der Waals surface area contributed by atoms with Crippen LogP contribution in [0.3, 0.4) is 0 Å². The molecule has 1 fully saturated rings. The van der Waals surface area contributed by atoms with Crippen LogP contribution in [0.25, 0.3) is 5.65 Å². The van der Waals surface area contributed by atoms with Crippen LogP contribution in [0, 0.1) is 6.92 Å². The van der Waals surface area contributed by atoms with Crippen molar-refractivity contribution in [2.75, 3.05) is 18.0 Å². The van der Waals surface area contributed by atoms with Gasteiger partial charge in [0.25, 0.3) is 0 Å². The highest BCUT2D eigenvalue weighted by Crippen LogP contribution is 2.22. The van der Waals surface area contributed by atoms with Gasteiger partial charge in [-0.3, -0.25) is 0 Å². The Morgan fingerprint density at radius 2 is 2.20 bits per heavy atom. The summed E-state index contributed by atoms with van der Waals surface area (Å²) in [4.78, 5) is 6.26. The molecule has 3 heterocycles. The third-order valence-corrected chi connectivity index (χ3v) is 2.69. The molecule has 3 rings (SSSR count). The predicted molar refractivity (Wildman–Crippen MR) is 55.9 cm³/mol. The minimum Gasteiger partial charge on any atom is -0.389 e. The summed E-state index contributed by atoms with van der Waals surface area (Å²) in [6.45, 7) is 3.39. The molecule has 0 radical (unpaired) electrons. The third kappa shape index (κ3) is 1.27. The predicted octanol–water partition coefficient (Wildman–Crippen LogP) is 0.219. The fourth-order valence-corrected chi connectivity index (χ4v) is 1.90. The Labute approximate surface area is 87.0 Å². The van der Waals surface area contributed by atoms with Crippen LogP contribution in [0.2, 0.25) is 0 Å². The second-order valence-corrected chi connectivity index (χ2v) is 3.98. The van der Waals surface area contributed by atoms with E-state index < -0.39 is 0 Å². The number of anilines is 1. The van der Waals surface area contributed by atoms with Crippen molar-refractivity contribution < 1.29 is 5.11 Å². The maximum atomic E-state index is 9.28. The first-order valence-electron chi connectivity index (χ1n) is 4.97. The van der Waals surface area contributed by atoms with Gasteiger partial charge in [-0.25, -0.2) is 4.98 Å². The Morgan fingerprint density at radius 3 is 2.93 bits per heavy atom. The summed E-state index contributed by atoms with van der Waals surface area (Å²) in [5.74, 6) is 1.01. The van der Waals surface area contributed by atoms with Gasteiger partial charge in [0.1, 0.15) is 12.1 Å². The lowest BCUT2D eigenvalue weighted by atomic mass is 10.1. The molecular weight excluding hydrogens is 192 g/mol. The van der Waals surface area contributed by atoms with Crippen molar-refractivity contribution >= 4 is 11.5 Å². The molecule has 1 saturated heterocycles. The Morgan fingerprint density at radius 1 is 1.40 bits per heavy atom. The van der Waals surface area contributed by atoms with Crippen molar-refractivity contribution in [3.05, 3.63) is 24.0 Å². The fourth-order valence-electron chi connectivity index (χ4n) is 1.90. The fraction of sp³-hybridized carbons (Fsp3) is 0.400. The second kappa shape index (κ2) is 2.93. The topological polar surface area (TPSA) is 53.7 Å². The van der Waals surface area contributed by atoms with E-state index >= 15 is 0 Å². The number of pyridine rings is 1. The quantitative estimate of drug-likeness (QED) is 0.722. The van der Waals surface area contributed by atoms with E-state index in [-0.39, 0.29) is 6.10 Å². The van der Waals surface area contributed by atoms with E-state index in [9.17, 15) is 5.11 Å². The molecule has 0 amide bonds. The van der Waals surface area contributed by atoms with Gasteiger partial charge in [0.2, 0.25) is 0 Å². The van der Waals surface area contributed by atoms with Crippen molar-refractivity contribution in [3.63, 3.8) is 0 Å². The molecule has 1 aliphatic rings. The number of aliphatic hydroxyl groups is 1. The van der Waals surface area contributed by atoms with E-state index in [0.29, 0.717) is 13.1 Å². The number of aromatic nitrogens is 3. The highest BCUT2D eigenvalue weighted by molar-refractivity contribution is 5.54. The van der Waals surface area contributed by atoms with Gasteiger partial charge in [0.05, 0.1) is 6.10 Å². The van der Waals surface area contributed by atoms with Crippen molar-refractivity contribution in [2.24, 2.45) is 0 Å². The summed E-state index contributed by atoms with van der Waals surface area (Å²) < 4.78 is 1.80. The lowest BCUT2D eigenvalue weighted by molar-refractivity contribution is 0.141. The smallest absolute Gasteiger partial charge is 0.157 e. The van der Waals surface area contributed by atoms with Crippen molar-refractivity contribution in [2.45, 2.75) is 13.0 Å². The summed E-state index contributed by atoms with van der Waals surface area (Å²) in [5.41, 5.74) is 2.01. The molecule has 1 N–H and O–H groups in total. The molecule has 5 heteroatoms. The Kier molecular flexibility index (Phi) is 1.70. The van der Waals surface area contributed by atoms with Crippen molar-refractivity contribution in [3.8, 4) is 0 Å². The number of rotatable bonds is 1. The first-order chi connectivity index (χ1) is 7.24. The zero-order valence-corrected chi connectivity index (χ0v) is 8.46. The lowest BCUT2D eigenvalue weighted by Crippen LogP contribution is -2.51. The van der Waals surface area contributed by atoms with Gasteiger partial charge in [0.15, 0.2) is 5.65 Å². The molecule has 0 unspecified atom stereocenters. The largest absolute Gasteiger partial charge is 0.389 e. The van der Waals surface area contributed by atoms with Gasteiger partial charge in [-0.1, -0.05) is 0 Å². The maximum Gasteiger partial charge on any atom is 0.157 e. The van der Waals surface area contributed by atoms with Crippen LogP contribution in [-0.2, 0) is 0 Å². The molecule has 78 valence electrons. The van der Waals surface area contributed by atoms with E-state index in [2.05, 4.69) is 21.0 Å². The second-order valence-electron chi connectivity index (χ2n) is 3.98. The summed E-state index contributed by atoms with van der Waals surface area (Å²) in [6.07, 6.45) is 1.35. The number of fused-ring (bicyclic) bond motifs is 1. The van der Waals surface area contributed by atoms with Crippen LogP contribution < -0.4 is 4.90 Å². The van der Waals surface area contributed by atoms with Crippen LogP contribution in [0.5, 0.6) is 0 Å². The highest BCUT2D eigenvalue weighted by atomic mass is 16.3. The maximum absolute atomic E-state index is 9.28. The van der Waals surface area contributed by atoms with E-state index in [1.54, 1.807) is 10.8 Å². The zero-order valence-electron chi connectivity index (χ0n) is 8.46. The molecule has 0 aliphatic carbocycles. The molecule has 1 aliphatic heterocycles. The molecule has 0 aromatic carbocycles. The number of β-amino-alcohol motifs (C(OH)–C–C–N with tert-alkyl or cyclic N) is 1. The zero-order chi connectivity index (χ0) is 10.4. The van der Waals surface area contributed by atoms with Crippen molar-refractivity contribution in [1.82, 2.24) is 14.6 Å². The van der Waals surface area contributed by atoms with Crippen LogP contribution in [0.4, 0.5) is 5.82 Å². The highest BCUT2D eigenvalue weighted by Gasteiger charge is 2.26. The standard InChI is InChI=1S/C10H12N4O/c1-7-2-9-11-6-12-14(9)10(3-7)13-4-8(15)5-13/h2-3,6,8,15H,4-5H2,1H3. The van der Waals surface area contributed by atoms with E-state index in [4.69, 9.17) is 0 Å². The van der Waals surface area contributed by atoms with Crippen molar-refractivity contribution in [1.29, 1.82) is 0 Å². The number of nitrogens with zero attached hydrogens (tertiary/aromatic N) is 4. The summed E-state index contributed by atoms with van der Waals surface area (Å²) in [5, 5.41) is 13.5. The van der Waals surface area contributed by atoms with Gasteiger partial charge < -0.3 is 10.0 Å². The van der Waals surface area contributed by atoms with Crippen LogP contribution in [0.15, 0.2) is 18.5 Å². The van der Waals surface area contributed by atoms with Gasteiger partial charge in [-0.05, 0) is 24.6 Å². The van der Waals surface area contributed by atoms with Gasteiger partial charge >= 0.3 is 0 Å². The molecule has 5 nitrogen and oxygen atoms in total. The van der Waals surface area contributed by atoms with Crippen LogP contribution in [-0.4, -0.2) is 38.9 Å². The Bertz CT molecular complexity index is 501. The minimum atomic E-state index is -0.205. The van der Waals surface area contributed by atoms with Crippen LogP contribution >= 0.6 is 0 Å². The van der Waals surface area contributed by atoms with E-state index in [1.807, 2.05) is 13.0 Å². The number of hydrogen-bond donors (Lipinski definition) is 1. The van der Waals surface area contributed by atoms with Gasteiger partial charge in [0, 0.05) is 13.1 Å². The first-order valence-corrected chi connectivity index (χ1v) is 4.97. The molecule has 0 atom stereocenters. The van der Waals surface area contributed by atoms with E-state index in [0.717, 1.165) is 17.0 Å². The Hall–Kier alpha value is -1.62. The molecular formula is C10H12N4O. The number of aryl methyl sites for hydroxylation is 1. The number of aliphatic hydroxyl groups excluding tert-OH is 1. The van der Waals surface area contributed by atoms with E-state index in [1.165, 1.54) is 0 Å². The molecule has 2 aromatic rings. The summed E-state index contributed by atoms with van der Waals surface area (Å²) in [7, 11) is 0. The van der Waals surface area contributed by atoms with Gasteiger partial charge in [-0.2, -0.15) is 9.61 Å². The molecule has 0 saturated carbocycles. The lowest BCUT2D eigenvalue weighted by Gasteiger charge is -2.37. The summed E-state index contributed by atoms with van der Waals surface area (Å²) >= 11 is 0. The molecule has 0 spiro atoms. The molecule has 2 aromatic heterocycles. The third-order valence-electron chi connectivity index (χ3n) is 2.69. The SMILES string of the molecule is Cc1cc(N2CC(O)C2)n2ncnc2c1. The molecule has 0 bridgehead atoms. The minimum absolute atomic E-state index is 0.205. The van der Waals surface area contributed by atoms with Gasteiger partial charge in [-0.15, -0.1) is 0 Å². The average Bonchev–Trinajstić information content (AvgIpc) is 2.59. The average molecular weight is 204 g/mol. The Balaban J connectivity index is 2.12. The number of hydrogen-bond acceptors (Lipinski definition) is 4. The summed E-state index contributed by atoms with van der Waals surface area (Å²) in [6, 6.07) is 4.06. The first kappa shape index (κ1) is 8.67. The molecule has 15 heavy (non-hydrogen) atoms. The normalized spacial score (nSPS) is 17.1. The monoisotopic (exact) mass is 204 g/mol. The van der Waals surface area contributed by atoms with Crippen LogP contribution in [0.1, 0.15) is 5.56 Å².